The molecular formula is C9H16N2O2. The van der Waals surface area contributed by atoms with Crippen LogP contribution in [-0.4, -0.2) is 54.2 Å². The Labute approximate surface area is 78.4 Å². The van der Waals surface area contributed by atoms with Crippen LogP contribution in [0.3, 0.4) is 0 Å². The van der Waals surface area contributed by atoms with Crippen molar-refractivity contribution in [2.45, 2.75) is 32.0 Å². The summed E-state index contributed by atoms with van der Waals surface area (Å²) in [6.07, 6.45) is -0.0710. The minimum absolute atomic E-state index is 0.0971. The standard InChI is InChI=1S/C9H16N2O2/c1-6(2)11-4-7-8(5-11)13-9(12)10(7)3/h6-8H,4-5H2,1-3H3/t7?,8-/m1/s1. The summed E-state index contributed by atoms with van der Waals surface area (Å²) in [5, 5.41) is 0. The van der Waals surface area contributed by atoms with Gasteiger partial charge >= 0.3 is 6.09 Å². The summed E-state index contributed by atoms with van der Waals surface area (Å²) in [5.74, 6) is 0. The van der Waals surface area contributed by atoms with Crippen LogP contribution in [0.4, 0.5) is 4.79 Å². The fourth-order valence-corrected chi connectivity index (χ4v) is 2.04. The van der Waals surface area contributed by atoms with E-state index in [2.05, 4.69) is 18.7 Å². The molecule has 2 aliphatic rings. The zero-order valence-electron chi connectivity index (χ0n) is 8.36. The summed E-state index contributed by atoms with van der Waals surface area (Å²) in [6, 6.07) is 0.813. The molecule has 2 saturated heterocycles. The van der Waals surface area contributed by atoms with Crippen LogP contribution in [0.1, 0.15) is 13.8 Å². The fraction of sp³-hybridized carbons (Fsp3) is 0.889. The highest BCUT2D eigenvalue weighted by molar-refractivity contribution is 5.70. The second kappa shape index (κ2) is 2.87. The lowest BCUT2D eigenvalue weighted by molar-refractivity contribution is 0.118. The number of nitrogens with zero attached hydrogens (tertiary/aromatic N) is 2. The van der Waals surface area contributed by atoms with Crippen molar-refractivity contribution < 1.29 is 9.53 Å². The summed E-state index contributed by atoms with van der Waals surface area (Å²) >= 11 is 0. The van der Waals surface area contributed by atoms with Gasteiger partial charge in [0.1, 0.15) is 6.10 Å². The molecule has 2 aliphatic heterocycles. The molecule has 0 spiro atoms. The molecular weight excluding hydrogens is 168 g/mol. The molecule has 2 rings (SSSR count). The SMILES string of the molecule is CC(C)N1CC2[C@@H](C1)OC(=O)N2C. The third-order valence-corrected chi connectivity index (χ3v) is 3.03. The number of carbonyl (C=O) groups is 1. The zero-order chi connectivity index (χ0) is 9.59. The van der Waals surface area contributed by atoms with Gasteiger partial charge in [-0.1, -0.05) is 0 Å². The molecule has 0 aromatic carbocycles. The molecule has 4 heteroatoms. The topological polar surface area (TPSA) is 32.8 Å². The molecule has 0 aliphatic carbocycles. The molecule has 1 amide bonds. The van der Waals surface area contributed by atoms with Crippen molar-refractivity contribution in [3.05, 3.63) is 0 Å². The maximum Gasteiger partial charge on any atom is 0.410 e. The number of carbonyl (C=O) groups excluding carboxylic acids is 1. The Morgan fingerprint density at radius 3 is 2.69 bits per heavy atom. The molecule has 0 aromatic rings. The van der Waals surface area contributed by atoms with Crippen LogP contribution in [-0.2, 0) is 4.74 Å². The van der Waals surface area contributed by atoms with Gasteiger partial charge in [-0.2, -0.15) is 0 Å². The summed E-state index contributed by atoms with van der Waals surface area (Å²) in [4.78, 5) is 15.2. The Morgan fingerprint density at radius 2 is 2.15 bits per heavy atom. The van der Waals surface area contributed by atoms with Gasteiger partial charge in [-0.15, -0.1) is 0 Å². The third kappa shape index (κ3) is 1.29. The van der Waals surface area contributed by atoms with Crippen LogP contribution in [0.15, 0.2) is 0 Å². The number of amides is 1. The van der Waals surface area contributed by atoms with Crippen LogP contribution in [0.5, 0.6) is 0 Å². The summed E-state index contributed by atoms with van der Waals surface area (Å²) in [5.41, 5.74) is 0. The van der Waals surface area contributed by atoms with Crippen molar-refractivity contribution >= 4 is 6.09 Å². The highest BCUT2D eigenvalue weighted by atomic mass is 16.6. The average molecular weight is 184 g/mol. The Hall–Kier alpha value is -0.770. The van der Waals surface area contributed by atoms with Gasteiger partial charge in [0, 0.05) is 26.2 Å². The minimum atomic E-state index is -0.168. The van der Waals surface area contributed by atoms with Gasteiger partial charge in [0.2, 0.25) is 0 Å². The molecule has 2 heterocycles. The van der Waals surface area contributed by atoms with Crippen LogP contribution in [0.2, 0.25) is 0 Å². The van der Waals surface area contributed by atoms with E-state index in [1.165, 1.54) is 0 Å². The predicted molar refractivity (Wildman–Crippen MR) is 48.5 cm³/mol. The van der Waals surface area contributed by atoms with Gasteiger partial charge in [0.25, 0.3) is 0 Å². The molecule has 1 unspecified atom stereocenters. The van der Waals surface area contributed by atoms with Gasteiger partial charge in [0.15, 0.2) is 0 Å². The van der Waals surface area contributed by atoms with Crippen molar-refractivity contribution in [3.63, 3.8) is 0 Å². The highest BCUT2D eigenvalue weighted by Gasteiger charge is 2.46. The third-order valence-electron chi connectivity index (χ3n) is 3.03. The molecule has 0 N–H and O–H groups in total. The maximum atomic E-state index is 11.1. The quantitative estimate of drug-likeness (QED) is 0.596. The van der Waals surface area contributed by atoms with Crippen LogP contribution in [0, 0.1) is 0 Å². The number of likely N-dealkylation sites (N-methyl/N-ethyl adjacent to an activating group) is 1. The molecule has 74 valence electrons. The number of hydrogen-bond donors (Lipinski definition) is 0. The first kappa shape index (κ1) is 8.81. The lowest BCUT2D eigenvalue weighted by atomic mass is 10.2. The molecule has 0 aromatic heterocycles. The molecule has 13 heavy (non-hydrogen) atoms. The lowest BCUT2D eigenvalue weighted by Crippen LogP contribution is -2.36. The lowest BCUT2D eigenvalue weighted by Gasteiger charge is -2.22. The van der Waals surface area contributed by atoms with E-state index < -0.39 is 0 Å². The molecule has 0 saturated carbocycles. The summed E-state index contributed by atoms with van der Waals surface area (Å²) in [7, 11) is 1.82. The highest BCUT2D eigenvalue weighted by Crippen LogP contribution is 2.26. The van der Waals surface area contributed by atoms with Crippen molar-refractivity contribution in [3.8, 4) is 0 Å². The van der Waals surface area contributed by atoms with Crippen molar-refractivity contribution in [2.24, 2.45) is 0 Å². The molecule has 0 bridgehead atoms. The van der Waals surface area contributed by atoms with E-state index in [-0.39, 0.29) is 18.2 Å². The van der Waals surface area contributed by atoms with E-state index >= 15 is 0 Å². The number of hydrogen-bond acceptors (Lipinski definition) is 3. The van der Waals surface area contributed by atoms with Gasteiger partial charge in [-0.25, -0.2) is 4.79 Å². The Morgan fingerprint density at radius 1 is 1.46 bits per heavy atom. The van der Waals surface area contributed by atoms with Gasteiger partial charge in [-0.05, 0) is 13.8 Å². The van der Waals surface area contributed by atoms with E-state index in [1.807, 2.05) is 7.05 Å². The van der Waals surface area contributed by atoms with Crippen molar-refractivity contribution in [1.82, 2.24) is 9.80 Å². The van der Waals surface area contributed by atoms with Crippen LogP contribution < -0.4 is 0 Å². The molecule has 2 fully saturated rings. The largest absolute Gasteiger partial charge is 0.442 e. The molecule has 4 nitrogen and oxygen atoms in total. The zero-order valence-corrected chi connectivity index (χ0v) is 8.36. The number of fused-ring (bicyclic) bond motifs is 1. The van der Waals surface area contributed by atoms with E-state index in [4.69, 9.17) is 4.74 Å². The minimum Gasteiger partial charge on any atom is -0.442 e. The normalized spacial score (nSPS) is 34.2. The Bertz CT molecular complexity index is 230. The van der Waals surface area contributed by atoms with Gasteiger partial charge in [0.05, 0.1) is 6.04 Å². The summed E-state index contributed by atoms with van der Waals surface area (Å²) < 4.78 is 5.22. The number of likely N-dealkylation sites (tertiary alicyclic amines) is 1. The second-order valence-corrected chi connectivity index (χ2v) is 4.15. The maximum absolute atomic E-state index is 11.1. The van der Waals surface area contributed by atoms with E-state index in [1.54, 1.807) is 4.90 Å². The Kier molecular flexibility index (Phi) is 1.95. The van der Waals surface area contributed by atoms with Gasteiger partial charge in [-0.3, -0.25) is 4.90 Å². The average Bonchev–Trinajstić information content (AvgIpc) is 2.55. The molecule has 2 atom stereocenters. The number of ether oxygens (including phenoxy) is 1. The van der Waals surface area contributed by atoms with Gasteiger partial charge < -0.3 is 9.64 Å². The van der Waals surface area contributed by atoms with Crippen LogP contribution >= 0.6 is 0 Å². The van der Waals surface area contributed by atoms with E-state index in [0.29, 0.717) is 6.04 Å². The second-order valence-electron chi connectivity index (χ2n) is 4.15. The van der Waals surface area contributed by atoms with E-state index in [9.17, 15) is 4.79 Å². The van der Waals surface area contributed by atoms with Crippen molar-refractivity contribution in [1.29, 1.82) is 0 Å². The van der Waals surface area contributed by atoms with Crippen LogP contribution in [0.25, 0.3) is 0 Å². The first-order valence-electron chi connectivity index (χ1n) is 4.77. The van der Waals surface area contributed by atoms with E-state index in [0.717, 1.165) is 13.1 Å². The monoisotopic (exact) mass is 184 g/mol. The first-order chi connectivity index (χ1) is 6.09. The fourth-order valence-electron chi connectivity index (χ4n) is 2.04. The Balaban J connectivity index is 2.04. The predicted octanol–water partition coefficient (Wildman–Crippen LogP) is 0.530. The molecule has 0 radical (unpaired) electrons. The number of rotatable bonds is 1. The smallest absolute Gasteiger partial charge is 0.410 e. The first-order valence-corrected chi connectivity index (χ1v) is 4.77. The van der Waals surface area contributed by atoms with Crippen molar-refractivity contribution in [2.75, 3.05) is 20.1 Å². The summed E-state index contributed by atoms with van der Waals surface area (Å²) in [6.45, 7) is 6.18.